The number of aromatic nitrogens is 2. The first-order valence-corrected chi connectivity index (χ1v) is 12.1. The number of ether oxygens (including phenoxy) is 2. The predicted molar refractivity (Wildman–Crippen MR) is 140 cm³/mol. The fraction of sp³-hybridized carbons (Fsp3) is 0.269. The second-order valence-electron chi connectivity index (χ2n) is 8.65. The smallest absolute Gasteiger partial charge is 0.327 e. The number of aliphatic imine (C=N–C) groups is 1. The number of nitrogens with zero attached hydrogens (tertiary/aromatic N) is 5. The van der Waals surface area contributed by atoms with E-state index in [-0.39, 0.29) is 19.0 Å². The topological polar surface area (TPSA) is 129 Å². The van der Waals surface area contributed by atoms with Crippen LogP contribution in [0.25, 0.3) is 0 Å². The molecule has 2 amide bonds. The van der Waals surface area contributed by atoms with Crippen LogP contribution in [0.1, 0.15) is 18.2 Å². The minimum absolute atomic E-state index is 0.0575. The van der Waals surface area contributed by atoms with Crippen molar-refractivity contribution in [1.29, 1.82) is 0 Å². The third kappa shape index (κ3) is 6.55. The summed E-state index contributed by atoms with van der Waals surface area (Å²) in [4.78, 5) is 32.1. The molecule has 3 aromatic rings. The van der Waals surface area contributed by atoms with Gasteiger partial charge in [-0.1, -0.05) is 30.7 Å². The zero-order chi connectivity index (χ0) is 27.2. The molecule has 11 nitrogen and oxygen atoms in total. The number of rotatable bonds is 8. The molecule has 1 aromatic heterocycles. The summed E-state index contributed by atoms with van der Waals surface area (Å²) in [6, 6.07) is 16.8. The quantitative estimate of drug-likeness (QED) is 0.414. The minimum atomic E-state index is -1.40. The predicted octanol–water partition coefficient (Wildman–Crippen LogP) is 3.83. The van der Waals surface area contributed by atoms with Crippen LogP contribution in [-0.4, -0.2) is 63.1 Å². The Labute approximate surface area is 224 Å². The minimum Gasteiger partial charge on any atom is -0.469 e. The average Bonchev–Trinajstić information content (AvgIpc) is 2.91. The molecule has 0 bridgehead atoms. The number of benzene rings is 2. The zero-order valence-corrected chi connectivity index (χ0v) is 21.8. The molecular weight excluding hydrogens is 512 g/mol. The SMILES string of the molecule is COC(=O)[C@@H](C)CN1C(=O)NC(=Nc2ccc(Oc3ccc(C)nn3)cc2)N(Cc2ccc(Cl)cc2)C1O. The van der Waals surface area contributed by atoms with Crippen LogP contribution in [0.4, 0.5) is 10.5 Å². The van der Waals surface area contributed by atoms with E-state index in [9.17, 15) is 14.7 Å². The summed E-state index contributed by atoms with van der Waals surface area (Å²) in [5.74, 6) is -0.124. The lowest BCUT2D eigenvalue weighted by molar-refractivity contribution is -0.147. The van der Waals surface area contributed by atoms with Crippen molar-refractivity contribution in [3.05, 3.63) is 76.9 Å². The third-order valence-electron chi connectivity index (χ3n) is 5.72. The van der Waals surface area contributed by atoms with Crippen molar-refractivity contribution < 1.29 is 24.2 Å². The fourth-order valence-corrected chi connectivity index (χ4v) is 3.80. The summed E-state index contributed by atoms with van der Waals surface area (Å²) < 4.78 is 10.5. The first kappa shape index (κ1) is 26.8. The number of esters is 1. The standard InChI is InChI=1S/C26H27ClN6O5/c1-16(23(34)37-3)14-33-25(35)29-24(32(26(33)36)15-18-5-7-19(27)8-6-18)28-20-9-11-21(12-10-20)38-22-13-4-17(2)30-31-22/h4-13,16,26,36H,14-15H2,1-3H3,(H,28,29,35)/t16-,26?/m0/s1. The van der Waals surface area contributed by atoms with E-state index in [2.05, 4.69) is 20.5 Å². The van der Waals surface area contributed by atoms with Crippen LogP contribution in [-0.2, 0) is 16.1 Å². The van der Waals surface area contributed by atoms with Gasteiger partial charge in [-0.3, -0.25) is 19.9 Å². The van der Waals surface area contributed by atoms with E-state index in [1.807, 2.05) is 19.1 Å². The summed E-state index contributed by atoms with van der Waals surface area (Å²) in [5.41, 5.74) is 2.11. The van der Waals surface area contributed by atoms with Crippen LogP contribution in [0.15, 0.2) is 65.7 Å². The van der Waals surface area contributed by atoms with Gasteiger partial charge in [-0.2, -0.15) is 5.10 Å². The van der Waals surface area contributed by atoms with E-state index in [4.69, 9.17) is 21.1 Å². The number of amides is 2. The van der Waals surface area contributed by atoms with Gasteiger partial charge < -0.3 is 14.6 Å². The normalized spacial score (nSPS) is 17.2. The van der Waals surface area contributed by atoms with Crippen molar-refractivity contribution in [1.82, 2.24) is 25.3 Å². The lowest BCUT2D eigenvalue weighted by atomic mass is 10.1. The summed E-state index contributed by atoms with van der Waals surface area (Å²) in [6.07, 6.45) is -1.40. The molecule has 38 heavy (non-hydrogen) atoms. The number of aliphatic hydroxyl groups is 1. The Kier molecular flexibility index (Phi) is 8.39. The molecule has 12 heteroatoms. The van der Waals surface area contributed by atoms with Crippen molar-refractivity contribution in [3.8, 4) is 11.6 Å². The highest BCUT2D eigenvalue weighted by Gasteiger charge is 2.38. The van der Waals surface area contributed by atoms with Gasteiger partial charge in [-0.25, -0.2) is 9.79 Å². The lowest BCUT2D eigenvalue weighted by Crippen LogP contribution is -2.66. The monoisotopic (exact) mass is 538 g/mol. The number of nitrogens with one attached hydrogen (secondary N) is 1. The lowest BCUT2D eigenvalue weighted by Gasteiger charge is -2.42. The molecule has 1 unspecified atom stereocenters. The van der Waals surface area contributed by atoms with Gasteiger partial charge in [0.05, 0.1) is 31.0 Å². The molecule has 2 N–H and O–H groups in total. The second-order valence-corrected chi connectivity index (χ2v) is 9.09. The number of hydrogen-bond acceptors (Lipinski definition) is 8. The number of hydrogen-bond donors (Lipinski definition) is 2. The molecule has 2 atom stereocenters. The maximum absolute atomic E-state index is 12.9. The molecular formula is C26H27ClN6O5. The van der Waals surface area contributed by atoms with Crippen LogP contribution in [0.5, 0.6) is 11.6 Å². The average molecular weight is 539 g/mol. The van der Waals surface area contributed by atoms with Crippen LogP contribution in [0.3, 0.4) is 0 Å². The molecule has 2 aromatic carbocycles. The van der Waals surface area contributed by atoms with E-state index in [1.54, 1.807) is 55.5 Å². The Morgan fingerprint density at radius 1 is 1.11 bits per heavy atom. The number of halogens is 1. The highest BCUT2D eigenvalue weighted by atomic mass is 35.5. The van der Waals surface area contributed by atoms with E-state index in [0.29, 0.717) is 22.3 Å². The largest absolute Gasteiger partial charge is 0.469 e. The van der Waals surface area contributed by atoms with E-state index in [0.717, 1.165) is 16.2 Å². The van der Waals surface area contributed by atoms with Crippen molar-refractivity contribution in [2.45, 2.75) is 26.7 Å². The van der Waals surface area contributed by atoms with Crippen molar-refractivity contribution in [3.63, 3.8) is 0 Å². The Morgan fingerprint density at radius 2 is 1.82 bits per heavy atom. The molecule has 198 valence electrons. The van der Waals surface area contributed by atoms with E-state index >= 15 is 0 Å². The molecule has 2 heterocycles. The van der Waals surface area contributed by atoms with Gasteiger partial charge in [0, 0.05) is 17.6 Å². The van der Waals surface area contributed by atoms with Crippen molar-refractivity contribution in [2.75, 3.05) is 13.7 Å². The third-order valence-corrected chi connectivity index (χ3v) is 5.97. The second kappa shape index (κ2) is 11.9. The van der Waals surface area contributed by atoms with Gasteiger partial charge >= 0.3 is 12.0 Å². The number of urea groups is 1. The summed E-state index contributed by atoms with van der Waals surface area (Å²) in [6.45, 7) is 3.59. The molecule has 1 saturated heterocycles. The molecule has 0 aliphatic carbocycles. The molecule has 1 aliphatic rings. The van der Waals surface area contributed by atoms with Gasteiger partial charge in [0.15, 0.2) is 0 Å². The Balaban J connectivity index is 1.58. The van der Waals surface area contributed by atoms with Crippen LogP contribution < -0.4 is 10.1 Å². The Bertz CT molecular complexity index is 1300. The number of aliphatic hydroxyl groups excluding tert-OH is 1. The van der Waals surface area contributed by atoms with Gasteiger partial charge in [0.2, 0.25) is 18.2 Å². The highest BCUT2D eigenvalue weighted by molar-refractivity contribution is 6.30. The molecule has 0 spiro atoms. The summed E-state index contributed by atoms with van der Waals surface area (Å²) in [5, 5.41) is 22.4. The van der Waals surface area contributed by atoms with Crippen LogP contribution >= 0.6 is 11.6 Å². The molecule has 0 saturated carbocycles. The van der Waals surface area contributed by atoms with E-state index < -0.39 is 24.3 Å². The number of guanidine groups is 1. The van der Waals surface area contributed by atoms with Gasteiger partial charge in [0.25, 0.3) is 0 Å². The Morgan fingerprint density at radius 3 is 2.45 bits per heavy atom. The summed E-state index contributed by atoms with van der Waals surface area (Å²) >= 11 is 6.02. The maximum atomic E-state index is 12.9. The Hall–Kier alpha value is -4.22. The number of carbonyl (C=O) groups excluding carboxylic acids is 2. The molecule has 0 radical (unpaired) electrons. The van der Waals surface area contributed by atoms with Gasteiger partial charge in [-0.05, 0) is 55.0 Å². The van der Waals surface area contributed by atoms with Crippen molar-refractivity contribution >= 4 is 35.2 Å². The van der Waals surface area contributed by atoms with E-state index in [1.165, 1.54) is 12.0 Å². The fourth-order valence-electron chi connectivity index (χ4n) is 3.68. The zero-order valence-electron chi connectivity index (χ0n) is 21.0. The van der Waals surface area contributed by atoms with Crippen LogP contribution in [0, 0.1) is 12.8 Å². The van der Waals surface area contributed by atoms with Gasteiger partial charge in [0.1, 0.15) is 5.75 Å². The first-order chi connectivity index (χ1) is 18.2. The maximum Gasteiger partial charge on any atom is 0.327 e. The van der Waals surface area contributed by atoms with Gasteiger partial charge in [-0.15, -0.1) is 5.10 Å². The molecule has 1 aliphatic heterocycles. The first-order valence-electron chi connectivity index (χ1n) is 11.7. The number of methoxy groups -OCH3 is 1. The number of carbonyl (C=O) groups is 2. The highest BCUT2D eigenvalue weighted by Crippen LogP contribution is 2.25. The van der Waals surface area contributed by atoms with Crippen molar-refractivity contribution in [2.24, 2.45) is 10.9 Å². The number of aryl methyl sites for hydroxylation is 1. The molecule has 1 fully saturated rings. The summed E-state index contributed by atoms with van der Waals surface area (Å²) in [7, 11) is 1.27. The van der Waals surface area contributed by atoms with Crippen LogP contribution in [0.2, 0.25) is 5.02 Å². The molecule has 4 rings (SSSR count).